The maximum Gasteiger partial charge on any atom is 0.243 e. The number of fused-ring (bicyclic) bond motifs is 1. The van der Waals surface area contributed by atoms with Crippen molar-refractivity contribution in [1.82, 2.24) is 14.5 Å². The SMILES string of the molecule is COc1ccc2c(c1)CN(CC(=O)NCc1ccc(S(=O)(=O)N3CCOCC3)cc1)CC2. The van der Waals surface area contributed by atoms with E-state index in [0.29, 0.717) is 45.9 Å². The van der Waals surface area contributed by atoms with Gasteiger partial charge in [-0.2, -0.15) is 4.31 Å². The third kappa shape index (κ3) is 5.29. The summed E-state index contributed by atoms with van der Waals surface area (Å²) in [6, 6.07) is 12.8. The third-order valence-corrected chi connectivity index (χ3v) is 7.81. The van der Waals surface area contributed by atoms with Crippen LogP contribution >= 0.6 is 0 Å². The molecule has 0 atom stereocenters. The second-order valence-electron chi connectivity index (χ2n) is 8.03. The van der Waals surface area contributed by atoms with Crippen molar-refractivity contribution in [3.63, 3.8) is 0 Å². The Balaban J connectivity index is 1.29. The van der Waals surface area contributed by atoms with Crippen molar-refractivity contribution in [2.24, 2.45) is 0 Å². The second-order valence-corrected chi connectivity index (χ2v) is 9.97. The fourth-order valence-electron chi connectivity index (χ4n) is 4.03. The van der Waals surface area contributed by atoms with Gasteiger partial charge in [-0.05, 0) is 47.4 Å². The number of carbonyl (C=O) groups excluding carboxylic acids is 1. The van der Waals surface area contributed by atoms with E-state index < -0.39 is 10.0 Å². The molecule has 0 saturated carbocycles. The number of amides is 1. The Morgan fingerprint density at radius 1 is 1.06 bits per heavy atom. The van der Waals surface area contributed by atoms with Gasteiger partial charge in [-0.1, -0.05) is 18.2 Å². The Bertz CT molecular complexity index is 1050. The zero-order valence-corrected chi connectivity index (χ0v) is 19.1. The summed E-state index contributed by atoms with van der Waals surface area (Å²) in [5, 5.41) is 2.93. The molecule has 0 unspecified atom stereocenters. The lowest BCUT2D eigenvalue weighted by molar-refractivity contribution is -0.122. The second kappa shape index (κ2) is 9.99. The molecule has 4 rings (SSSR count). The summed E-state index contributed by atoms with van der Waals surface area (Å²) in [4.78, 5) is 14.8. The van der Waals surface area contributed by atoms with Gasteiger partial charge in [0.2, 0.25) is 15.9 Å². The predicted molar refractivity (Wildman–Crippen MR) is 120 cm³/mol. The van der Waals surface area contributed by atoms with Crippen LogP contribution in [0.4, 0.5) is 0 Å². The molecule has 8 nitrogen and oxygen atoms in total. The average molecular weight is 460 g/mol. The molecular formula is C23H29N3O5S. The van der Waals surface area contributed by atoms with E-state index in [1.54, 1.807) is 31.4 Å². The first-order valence-corrected chi connectivity index (χ1v) is 12.2. The molecule has 1 fully saturated rings. The third-order valence-electron chi connectivity index (χ3n) is 5.89. The van der Waals surface area contributed by atoms with Gasteiger partial charge < -0.3 is 14.8 Å². The zero-order valence-electron chi connectivity index (χ0n) is 18.2. The normalized spacial score (nSPS) is 17.5. The number of nitrogens with one attached hydrogen (secondary N) is 1. The molecule has 32 heavy (non-hydrogen) atoms. The van der Waals surface area contributed by atoms with Crippen LogP contribution in [0.5, 0.6) is 5.75 Å². The highest BCUT2D eigenvalue weighted by Crippen LogP contribution is 2.23. The highest BCUT2D eigenvalue weighted by atomic mass is 32.2. The van der Waals surface area contributed by atoms with E-state index in [2.05, 4.69) is 16.3 Å². The van der Waals surface area contributed by atoms with Gasteiger partial charge in [0.05, 0.1) is 31.8 Å². The van der Waals surface area contributed by atoms with Crippen LogP contribution in [0.3, 0.4) is 0 Å². The van der Waals surface area contributed by atoms with Crippen LogP contribution < -0.4 is 10.1 Å². The molecule has 2 aliphatic heterocycles. The number of rotatable bonds is 7. The first-order valence-electron chi connectivity index (χ1n) is 10.8. The minimum absolute atomic E-state index is 0.0543. The van der Waals surface area contributed by atoms with Crippen LogP contribution in [0.1, 0.15) is 16.7 Å². The molecule has 1 amide bonds. The maximum absolute atomic E-state index is 12.7. The van der Waals surface area contributed by atoms with Crippen molar-refractivity contribution in [3.05, 3.63) is 59.2 Å². The smallest absolute Gasteiger partial charge is 0.243 e. The summed E-state index contributed by atoms with van der Waals surface area (Å²) in [6.45, 7) is 3.80. The number of methoxy groups -OCH3 is 1. The molecule has 2 aliphatic rings. The zero-order chi connectivity index (χ0) is 22.6. The van der Waals surface area contributed by atoms with Crippen LogP contribution in [-0.4, -0.2) is 70.0 Å². The number of benzene rings is 2. The first kappa shape index (κ1) is 22.7. The lowest BCUT2D eigenvalue weighted by Gasteiger charge is -2.28. The Hall–Kier alpha value is -2.46. The van der Waals surface area contributed by atoms with Gasteiger partial charge in [0.1, 0.15) is 5.75 Å². The number of ether oxygens (including phenoxy) is 2. The van der Waals surface area contributed by atoms with Crippen molar-refractivity contribution >= 4 is 15.9 Å². The van der Waals surface area contributed by atoms with Crippen molar-refractivity contribution in [1.29, 1.82) is 0 Å². The van der Waals surface area contributed by atoms with Gasteiger partial charge in [-0.15, -0.1) is 0 Å². The van der Waals surface area contributed by atoms with Crippen LogP contribution in [0.25, 0.3) is 0 Å². The molecule has 2 aromatic carbocycles. The monoisotopic (exact) mass is 459 g/mol. The molecule has 0 bridgehead atoms. The van der Waals surface area contributed by atoms with E-state index in [9.17, 15) is 13.2 Å². The fourth-order valence-corrected chi connectivity index (χ4v) is 5.44. The lowest BCUT2D eigenvalue weighted by Crippen LogP contribution is -2.40. The Morgan fingerprint density at radius 2 is 1.81 bits per heavy atom. The van der Waals surface area contributed by atoms with Gasteiger partial charge in [-0.25, -0.2) is 8.42 Å². The van der Waals surface area contributed by atoms with Crippen LogP contribution in [-0.2, 0) is 39.1 Å². The summed E-state index contributed by atoms with van der Waals surface area (Å²) in [7, 11) is -1.86. The molecule has 1 saturated heterocycles. The molecule has 0 aliphatic carbocycles. The van der Waals surface area contributed by atoms with Gasteiger partial charge in [0.15, 0.2) is 0 Å². The summed E-state index contributed by atoms with van der Waals surface area (Å²) in [5.74, 6) is 0.774. The Kier molecular flexibility index (Phi) is 7.10. The van der Waals surface area contributed by atoms with E-state index in [1.807, 2.05) is 12.1 Å². The van der Waals surface area contributed by atoms with Crippen molar-refractivity contribution in [3.8, 4) is 5.75 Å². The number of hydrogen-bond donors (Lipinski definition) is 1. The topological polar surface area (TPSA) is 88.2 Å². The van der Waals surface area contributed by atoms with E-state index in [4.69, 9.17) is 9.47 Å². The molecular weight excluding hydrogens is 430 g/mol. The molecule has 0 radical (unpaired) electrons. The van der Waals surface area contributed by atoms with E-state index in [1.165, 1.54) is 15.4 Å². The molecule has 2 heterocycles. The number of sulfonamides is 1. The van der Waals surface area contributed by atoms with Crippen LogP contribution in [0.15, 0.2) is 47.4 Å². The fraction of sp³-hybridized carbons (Fsp3) is 0.435. The van der Waals surface area contributed by atoms with Crippen molar-refractivity contribution in [2.75, 3.05) is 46.5 Å². The van der Waals surface area contributed by atoms with Crippen LogP contribution in [0.2, 0.25) is 0 Å². The van der Waals surface area contributed by atoms with Gasteiger partial charge in [0.25, 0.3) is 0 Å². The number of carbonyl (C=O) groups is 1. The number of hydrogen-bond acceptors (Lipinski definition) is 6. The Labute approximate surface area is 189 Å². The standard InChI is InChI=1S/C23H29N3O5S/c1-30-21-5-4-19-8-9-25(16-20(19)14-21)17-23(27)24-15-18-2-6-22(7-3-18)32(28,29)26-10-12-31-13-11-26/h2-7,14H,8-13,15-17H2,1H3,(H,24,27). The van der Waals surface area contributed by atoms with Crippen molar-refractivity contribution < 1.29 is 22.7 Å². The van der Waals surface area contributed by atoms with Gasteiger partial charge in [0, 0.05) is 32.7 Å². The lowest BCUT2D eigenvalue weighted by atomic mass is 9.99. The number of morpholine rings is 1. The highest BCUT2D eigenvalue weighted by molar-refractivity contribution is 7.89. The number of nitrogens with zero attached hydrogens (tertiary/aromatic N) is 2. The summed E-state index contributed by atoms with van der Waals surface area (Å²) < 4.78 is 37.4. The quantitative estimate of drug-likeness (QED) is 0.673. The Morgan fingerprint density at radius 3 is 2.53 bits per heavy atom. The average Bonchev–Trinajstić information content (AvgIpc) is 2.83. The minimum atomic E-state index is -3.51. The van der Waals surface area contributed by atoms with E-state index >= 15 is 0 Å². The molecule has 2 aromatic rings. The van der Waals surface area contributed by atoms with Gasteiger partial charge in [-0.3, -0.25) is 9.69 Å². The van der Waals surface area contributed by atoms with Crippen molar-refractivity contribution in [2.45, 2.75) is 24.4 Å². The summed E-state index contributed by atoms with van der Waals surface area (Å²) in [6.07, 6.45) is 0.908. The molecule has 0 spiro atoms. The van der Waals surface area contributed by atoms with E-state index in [0.717, 1.165) is 24.3 Å². The molecule has 1 N–H and O–H groups in total. The maximum atomic E-state index is 12.7. The molecule has 0 aromatic heterocycles. The summed E-state index contributed by atoms with van der Waals surface area (Å²) >= 11 is 0. The minimum Gasteiger partial charge on any atom is -0.497 e. The van der Waals surface area contributed by atoms with Crippen LogP contribution in [0, 0.1) is 0 Å². The first-order chi connectivity index (χ1) is 15.5. The molecule has 172 valence electrons. The van der Waals surface area contributed by atoms with Gasteiger partial charge >= 0.3 is 0 Å². The largest absolute Gasteiger partial charge is 0.497 e. The summed E-state index contributed by atoms with van der Waals surface area (Å²) in [5.41, 5.74) is 3.35. The highest BCUT2D eigenvalue weighted by Gasteiger charge is 2.26. The predicted octanol–water partition coefficient (Wildman–Crippen LogP) is 1.39. The molecule has 9 heteroatoms. The van der Waals surface area contributed by atoms with E-state index in [-0.39, 0.29) is 10.8 Å².